The average molecular weight is 235 g/mol. The zero-order chi connectivity index (χ0) is 11.5. The number of nitrogens with one attached hydrogen (secondary N) is 2. The van der Waals surface area contributed by atoms with Gasteiger partial charge < -0.3 is 5.32 Å². The van der Waals surface area contributed by atoms with E-state index in [0.717, 1.165) is 19.4 Å². The molecule has 1 rings (SSSR count). The van der Waals surface area contributed by atoms with Crippen LogP contribution in [0.5, 0.6) is 0 Å². The summed E-state index contributed by atoms with van der Waals surface area (Å²) in [5.74, 6) is 0. The molecule has 15 heavy (non-hydrogen) atoms. The molecule has 0 aromatic heterocycles. The van der Waals surface area contributed by atoms with Crippen LogP contribution in [-0.4, -0.2) is 44.9 Å². The first-order chi connectivity index (χ1) is 7.05. The van der Waals surface area contributed by atoms with Crippen molar-refractivity contribution >= 4 is 10.2 Å². The zero-order valence-electron chi connectivity index (χ0n) is 9.66. The molecule has 1 heterocycles. The third-order valence-corrected chi connectivity index (χ3v) is 4.56. The van der Waals surface area contributed by atoms with E-state index >= 15 is 0 Å². The van der Waals surface area contributed by atoms with Gasteiger partial charge in [-0.15, -0.1) is 0 Å². The van der Waals surface area contributed by atoms with E-state index in [1.165, 1.54) is 7.05 Å². The first-order valence-corrected chi connectivity index (χ1v) is 6.92. The third-order valence-electron chi connectivity index (χ3n) is 2.98. The third kappa shape index (κ3) is 2.90. The van der Waals surface area contributed by atoms with Crippen LogP contribution < -0.4 is 10.0 Å². The summed E-state index contributed by atoms with van der Waals surface area (Å²) in [6.45, 7) is 5.39. The summed E-state index contributed by atoms with van der Waals surface area (Å²) in [6.07, 6.45) is 1.79. The van der Waals surface area contributed by atoms with E-state index in [2.05, 4.69) is 17.0 Å². The number of piperazine rings is 1. The van der Waals surface area contributed by atoms with Gasteiger partial charge in [-0.1, -0.05) is 13.8 Å². The standard InChI is InChI=1S/C9H21N3O2S/c1-4-8-7-12(15(13,14)10-3)9(5-2)6-11-8/h8-11H,4-7H2,1-3H3. The fourth-order valence-electron chi connectivity index (χ4n) is 1.87. The van der Waals surface area contributed by atoms with Crippen LogP contribution in [0.3, 0.4) is 0 Å². The minimum Gasteiger partial charge on any atom is -0.311 e. The summed E-state index contributed by atoms with van der Waals surface area (Å²) < 4.78 is 27.5. The van der Waals surface area contributed by atoms with E-state index in [1.807, 2.05) is 6.92 Å². The van der Waals surface area contributed by atoms with Crippen molar-refractivity contribution in [3.05, 3.63) is 0 Å². The predicted molar refractivity (Wildman–Crippen MR) is 60.8 cm³/mol. The average Bonchev–Trinajstić information content (AvgIpc) is 2.28. The van der Waals surface area contributed by atoms with Crippen LogP contribution in [0.1, 0.15) is 26.7 Å². The molecule has 5 nitrogen and oxygen atoms in total. The van der Waals surface area contributed by atoms with Gasteiger partial charge in [-0.25, -0.2) is 4.72 Å². The van der Waals surface area contributed by atoms with Crippen LogP contribution in [0, 0.1) is 0 Å². The van der Waals surface area contributed by atoms with Crippen molar-refractivity contribution in [1.29, 1.82) is 0 Å². The highest BCUT2D eigenvalue weighted by molar-refractivity contribution is 7.87. The first kappa shape index (κ1) is 12.9. The summed E-state index contributed by atoms with van der Waals surface area (Å²) in [7, 11) is -1.82. The topological polar surface area (TPSA) is 61.4 Å². The minimum absolute atomic E-state index is 0.0743. The fourth-order valence-corrected chi connectivity index (χ4v) is 3.10. The lowest BCUT2D eigenvalue weighted by Crippen LogP contribution is -2.59. The molecule has 0 spiro atoms. The second-order valence-corrected chi connectivity index (χ2v) is 5.68. The van der Waals surface area contributed by atoms with Crippen molar-refractivity contribution in [3.8, 4) is 0 Å². The van der Waals surface area contributed by atoms with E-state index in [1.54, 1.807) is 4.31 Å². The molecule has 90 valence electrons. The summed E-state index contributed by atoms with van der Waals surface area (Å²) in [5.41, 5.74) is 0. The van der Waals surface area contributed by atoms with Crippen LogP contribution in [0.25, 0.3) is 0 Å². The monoisotopic (exact) mass is 235 g/mol. The van der Waals surface area contributed by atoms with E-state index in [4.69, 9.17) is 0 Å². The molecule has 0 radical (unpaired) electrons. The summed E-state index contributed by atoms with van der Waals surface area (Å²) in [6, 6.07) is 0.348. The Morgan fingerprint density at radius 2 is 2.07 bits per heavy atom. The number of hydrogen-bond donors (Lipinski definition) is 2. The van der Waals surface area contributed by atoms with Crippen molar-refractivity contribution in [2.45, 2.75) is 38.8 Å². The molecule has 1 saturated heterocycles. The summed E-state index contributed by atoms with van der Waals surface area (Å²) in [5, 5.41) is 3.36. The SMILES string of the molecule is CCC1CN(S(=O)(=O)NC)C(CC)CN1. The smallest absolute Gasteiger partial charge is 0.279 e. The Labute approximate surface area is 92.4 Å². The fraction of sp³-hybridized carbons (Fsp3) is 1.00. The Morgan fingerprint density at radius 3 is 2.53 bits per heavy atom. The molecule has 1 aliphatic rings. The number of rotatable bonds is 4. The van der Waals surface area contributed by atoms with Crippen molar-refractivity contribution in [2.24, 2.45) is 0 Å². The number of hydrogen-bond acceptors (Lipinski definition) is 3. The van der Waals surface area contributed by atoms with Crippen LogP contribution in [-0.2, 0) is 10.2 Å². The molecular weight excluding hydrogens is 214 g/mol. The summed E-state index contributed by atoms with van der Waals surface area (Å²) >= 11 is 0. The van der Waals surface area contributed by atoms with Crippen molar-refractivity contribution in [1.82, 2.24) is 14.3 Å². The lowest BCUT2D eigenvalue weighted by molar-refractivity contribution is 0.214. The quantitative estimate of drug-likeness (QED) is 0.716. The molecule has 0 amide bonds. The van der Waals surface area contributed by atoms with Gasteiger partial charge in [0.2, 0.25) is 0 Å². The van der Waals surface area contributed by atoms with Gasteiger partial charge in [-0.05, 0) is 12.8 Å². The van der Waals surface area contributed by atoms with Crippen LogP contribution >= 0.6 is 0 Å². The van der Waals surface area contributed by atoms with Crippen molar-refractivity contribution in [2.75, 3.05) is 20.1 Å². The second kappa shape index (κ2) is 5.25. The maximum absolute atomic E-state index is 11.8. The first-order valence-electron chi connectivity index (χ1n) is 5.48. The molecule has 0 aliphatic carbocycles. The zero-order valence-corrected chi connectivity index (χ0v) is 10.5. The summed E-state index contributed by atoms with van der Waals surface area (Å²) in [4.78, 5) is 0. The van der Waals surface area contributed by atoms with Crippen LogP contribution in [0.15, 0.2) is 0 Å². The van der Waals surface area contributed by atoms with Crippen LogP contribution in [0.2, 0.25) is 0 Å². The van der Waals surface area contributed by atoms with Gasteiger partial charge in [0.1, 0.15) is 0 Å². The molecule has 0 saturated carbocycles. The normalized spacial score (nSPS) is 29.3. The molecule has 0 aromatic carbocycles. The Hall–Kier alpha value is -0.170. The lowest BCUT2D eigenvalue weighted by Gasteiger charge is -2.38. The molecule has 1 fully saturated rings. The molecular formula is C9H21N3O2S. The highest BCUT2D eigenvalue weighted by Gasteiger charge is 2.33. The minimum atomic E-state index is -3.28. The molecule has 1 aliphatic heterocycles. The van der Waals surface area contributed by atoms with Crippen LogP contribution in [0.4, 0.5) is 0 Å². The molecule has 2 unspecified atom stereocenters. The second-order valence-electron chi connectivity index (χ2n) is 3.85. The Bertz CT molecular complexity index is 292. The highest BCUT2D eigenvalue weighted by atomic mass is 32.2. The molecule has 0 aromatic rings. The van der Waals surface area contributed by atoms with Gasteiger partial charge >= 0.3 is 0 Å². The maximum Gasteiger partial charge on any atom is 0.279 e. The highest BCUT2D eigenvalue weighted by Crippen LogP contribution is 2.15. The lowest BCUT2D eigenvalue weighted by atomic mass is 10.1. The molecule has 2 atom stereocenters. The van der Waals surface area contributed by atoms with E-state index < -0.39 is 10.2 Å². The van der Waals surface area contributed by atoms with E-state index in [-0.39, 0.29) is 12.1 Å². The van der Waals surface area contributed by atoms with Crippen molar-refractivity contribution < 1.29 is 8.42 Å². The van der Waals surface area contributed by atoms with Gasteiger partial charge in [0.05, 0.1) is 0 Å². The van der Waals surface area contributed by atoms with Gasteiger partial charge in [-0.2, -0.15) is 12.7 Å². The number of nitrogens with zero attached hydrogens (tertiary/aromatic N) is 1. The predicted octanol–water partition coefficient (Wildman–Crippen LogP) is -0.0870. The van der Waals surface area contributed by atoms with Gasteiger partial charge in [-0.3, -0.25) is 0 Å². The van der Waals surface area contributed by atoms with Crippen molar-refractivity contribution in [3.63, 3.8) is 0 Å². The Balaban J connectivity index is 2.80. The maximum atomic E-state index is 11.8. The molecule has 6 heteroatoms. The Morgan fingerprint density at radius 1 is 1.40 bits per heavy atom. The largest absolute Gasteiger partial charge is 0.311 e. The van der Waals surface area contributed by atoms with Gasteiger partial charge in [0.25, 0.3) is 10.2 Å². The molecule has 2 N–H and O–H groups in total. The Kier molecular flexibility index (Phi) is 4.51. The van der Waals surface area contributed by atoms with E-state index in [9.17, 15) is 8.42 Å². The molecule has 0 bridgehead atoms. The van der Waals surface area contributed by atoms with Gasteiger partial charge in [0.15, 0.2) is 0 Å². The van der Waals surface area contributed by atoms with E-state index in [0.29, 0.717) is 6.54 Å². The van der Waals surface area contributed by atoms with Gasteiger partial charge in [0, 0.05) is 32.2 Å².